The van der Waals surface area contributed by atoms with Gasteiger partial charge in [-0.1, -0.05) is 27.5 Å². The Labute approximate surface area is 191 Å². The van der Waals surface area contributed by atoms with E-state index in [0.717, 1.165) is 18.3 Å². The van der Waals surface area contributed by atoms with E-state index in [-0.39, 0.29) is 27.4 Å². The van der Waals surface area contributed by atoms with Crippen LogP contribution in [0, 0.1) is 5.82 Å². The molecule has 2 amide bonds. The standard InChI is InChI=1S/C21H11BrClF4N3O2/c22-11-4-14-17(18(30-20(14)32)13-6-12(24)1-2-15(13)23)16(5-11)29-19(31)9-3-10(8-28-7-9)21(25,26)27/h1-8,18H,(H,29,31)(H,30,32). The van der Waals surface area contributed by atoms with Crippen LogP contribution >= 0.6 is 27.5 Å². The molecule has 32 heavy (non-hydrogen) atoms. The third-order valence-electron chi connectivity index (χ3n) is 4.80. The Morgan fingerprint density at radius 1 is 1.16 bits per heavy atom. The van der Waals surface area contributed by atoms with Gasteiger partial charge in [0.15, 0.2) is 0 Å². The Bertz CT molecular complexity index is 1270. The Morgan fingerprint density at radius 2 is 1.91 bits per heavy atom. The highest BCUT2D eigenvalue weighted by Crippen LogP contribution is 2.41. The predicted octanol–water partition coefficient (Wildman–Crippen LogP) is 5.74. The van der Waals surface area contributed by atoms with Gasteiger partial charge in [0.2, 0.25) is 0 Å². The van der Waals surface area contributed by atoms with Crippen molar-refractivity contribution in [1.29, 1.82) is 0 Å². The van der Waals surface area contributed by atoms with Crippen molar-refractivity contribution in [3.8, 4) is 0 Å². The summed E-state index contributed by atoms with van der Waals surface area (Å²) in [4.78, 5) is 28.8. The van der Waals surface area contributed by atoms with Crippen molar-refractivity contribution in [2.75, 3.05) is 5.32 Å². The van der Waals surface area contributed by atoms with Gasteiger partial charge in [-0.15, -0.1) is 0 Å². The van der Waals surface area contributed by atoms with Gasteiger partial charge in [0, 0.05) is 44.3 Å². The molecule has 0 spiro atoms. The number of benzene rings is 2. The second kappa shape index (κ2) is 8.18. The molecule has 1 aliphatic heterocycles. The molecule has 0 saturated heterocycles. The number of rotatable bonds is 3. The highest BCUT2D eigenvalue weighted by atomic mass is 79.9. The van der Waals surface area contributed by atoms with Crippen LogP contribution in [-0.2, 0) is 6.18 Å². The van der Waals surface area contributed by atoms with E-state index in [1.165, 1.54) is 18.2 Å². The molecule has 0 saturated carbocycles. The number of fused-ring (bicyclic) bond motifs is 1. The van der Waals surface area contributed by atoms with Crippen molar-refractivity contribution in [1.82, 2.24) is 10.3 Å². The Balaban J connectivity index is 1.77. The molecule has 2 N–H and O–H groups in total. The summed E-state index contributed by atoms with van der Waals surface area (Å²) in [6.45, 7) is 0. The smallest absolute Gasteiger partial charge is 0.341 e. The lowest BCUT2D eigenvalue weighted by atomic mass is 9.96. The summed E-state index contributed by atoms with van der Waals surface area (Å²) >= 11 is 9.46. The average molecular weight is 529 g/mol. The van der Waals surface area contributed by atoms with Crippen LogP contribution in [0.2, 0.25) is 5.02 Å². The van der Waals surface area contributed by atoms with Crippen LogP contribution < -0.4 is 10.6 Å². The second-order valence-corrected chi connectivity index (χ2v) is 8.22. The van der Waals surface area contributed by atoms with Gasteiger partial charge in [-0.25, -0.2) is 4.39 Å². The first-order valence-electron chi connectivity index (χ1n) is 8.97. The summed E-state index contributed by atoms with van der Waals surface area (Å²) in [5.41, 5.74) is -0.504. The largest absolute Gasteiger partial charge is 0.417 e. The van der Waals surface area contributed by atoms with Gasteiger partial charge in [0.25, 0.3) is 11.8 Å². The van der Waals surface area contributed by atoms with Gasteiger partial charge < -0.3 is 10.6 Å². The minimum Gasteiger partial charge on any atom is -0.341 e. The molecular weight excluding hydrogens is 518 g/mol. The number of nitrogens with zero attached hydrogens (tertiary/aromatic N) is 1. The zero-order valence-electron chi connectivity index (χ0n) is 15.7. The number of alkyl halides is 3. The highest BCUT2D eigenvalue weighted by Gasteiger charge is 2.35. The van der Waals surface area contributed by atoms with Crippen molar-refractivity contribution in [3.05, 3.63) is 91.9 Å². The van der Waals surface area contributed by atoms with E-state index in [2.05, 4.69) is 31.5 Å². The van der Waals surface area contributed by atoms with Crippen LogP contribution in [-0.4, -0.2) is 16.8 Å². The number of carbonyl (C=O) groups excluding carboxylic acids is 2. The normalized spacial score (nSPS) is 15.3. The molecule has 0 aliphatic carbocycles. The van der Waals surface area contributed by atoms with Gasteiger partial charge in [-0.05, 0) is 36.4 Å². The zero-order chi connectivity index (χ0) is 23.2. The van der Waals surface area contributed by atoms with Crippen molar-refractivity contribution >= 4 is 45.0 Å². The third kappa shape index (κ3) is 4.20. The maximum absolute atomic E-state index is 13.9. The number of amides is 2. The van der Waals surface area contributed by atoms with E-state index < -0.39 is 35.4 Å². The molecule has 4 rings (SSSR count). The molecule has 5 nitrogen and oxygen atoms in total. The number of anilines is 1. The average Bonchev–Trinajstić information content (AvgIpc) is 3.05. The van der Waals surface area contributed by atoms with Gasteiger partial charge in [0.1, 0.15) is 5.82 Å². The molecule has 11 heteroatoms. The first kappa shape index (κ1) is 22.2. The molecular formula is C21H11BrClF4N3O2. The Kier molecular flexibility index (Phi) is 5.68. The summed E-state index contributed by atoms with van der Waals surface area (Å²) < 4.78 is 53.2. The molecule has 2 heterocycles. The van der Waals surface area contributed by atoms with Gasteiger partial charge in [0.05, 0.1) is 17.2 Å². The molecule has 0 fully saturated rings. The van der Waals surface area contributed by atoms with E-state index in [1.807, 2.05) is 0 Å². The van der Waals surface area contributed by atoms with Crippen LogP contribution in [0.15, 0.2) is 53.3 Å². The second-order valence-electron chi connectivity index (χ2n) is 6.90. The number of carbonyl (C=O) groups is 2. The highest BCUT2D eigenvalue weighted by molar-refractivity contribution is 9.10. The fourth-order valence-corrected chi connectivity index (χ4v) is 4.07. The lowest BCUT2D eigenvalue weighted by molar-refractivity contribution is -0.137. The fraction of sp³-hybridized carbons (Fsp3) is 0.0952. The topological polar surface area (TPSA) is 71.1 Å². The quantitative estimate of drug-likeness (QED) is 0.426. The molecule has 164 valence electrons. The lowest BCUT2D eigenvalue weighted by Gasteiger charge is -2.18. The monoisotopic (exact) mass is 527 g/mol. The van der Waals surface area contributed by atoms with Gasteiger partial charge >= 0.3 is 6.18 Å². The molecule has 1 unspecified atom stereocenters. The molecule has 1 atom stereocenters. The number of pyridine rings is 1. The number of aromatic nitrogens is 1. The third-order valence-corrected chi connectivity index (χ3v) is 5.60. The summed E-state index contributed by atoms with van der Waals surface area (Å²) in [6, 6.07) is 6.44. The van der Waals surface area contributed by atoms with E-state index >= 15 is 0 Å². The summed E-state index contributed by atoms with van der Waals surface area (Å²) in [5, 5.41) is 5.40. The number of nitrogens with one attached hydrogen (secondary N) is 2. The fourth-order valence-electron chi connectivity index (χ4n) is 3.38. The molecule has 3 aromatic rings. The van der Waals surface area contributed by atoms with Crippen LogP contribution in [0.25, 0.3) is 0 Å². The number of hydrogen-bond donors (Lipinski definition) is 2. The molecule has 1 aromatic heterocycles. The first-order chi connectivity index (χ1) is 15.0. The number of hydrogen-bond acceptors (Lipinski definition) is 3. The van der Waals surface area contributed by atoms with Crippen molar-refractivity contribution in [2.45, 2.75) is 12.2 Å². The summed E-state index contributed by atoms with van der Waals surface area (Å²) in [5.74, 6) is -1.93. The summed E-state index contributed by atoms with van der Waals surface area (Å²) in [7, 11) is 0. The maximum atomic E-state index is 13.9. The van der Waals surface area contributed by atoms with Crippen molar-refractivity contribution in [2.24, 2.45) is 0 Å². The SMILES string of the molecule is O=C(Nc1cc(Br)cc2c1C(c1cc(F)ccc1Cl)NC2=O)c1cncc(C(F)(F)F)c1. The maximum Gasteiger partial charge on any atom is 0.417 e. The van der Waals surface area contributed by atoms with Crippen LogP contribution in [0.3, 0.4) is 0 Å². The minimum absolute atomic E-state index is 0.139. The summed E-state index contributed by atoms with van der Waals surface area (Å²) in [6.07, 6.45) is -3.07. The molecule has 2 aromatic carbocycles. The minimum atomic E-state index is -4.67. The van der Waals surface area contributed by atoms with Crippen LogP contribution in [0.1, 0.15) is 43.4 Å². The van der Waals surface area contributed by atoms with E-state index in [9.17, 15) is 27.2 Å². The molecule has 1 aliphatic rings. The lowest BCUT2D eigenvalue weighted by Crippen LogP contribution is -2.21. The Morgan fingerprint density at radius 3 is 2.62 bits per heavy atom. The van der Waals surface area contributed by atoms with Crippen LogP contribution in [0.4, 0.5) is 23.2 Å². The van der Waals surface area contributed by atoms with Gasteiger partial charge in [-0.2, -0.15) is 13.2 Å². The molecule has 0 bridgehead atoms. The van der Waals surface area contributed by atoms with E-state index in [1.54, 1.807) is 0 Å². The Hall–Kier alpha value is -2.98. The number of halogens is 6. The van der Waals surface area contributed by atoms with E-state index in [0.29, 0.717) is 22.3 Å². The van der Waals surface area contributed by atoms with Crippen LogP contribution in [0.5, 0.6) is 0 Å². The first-order valence-corrected chi connectivity index (χ1v) is 10.1. The van der Waals surface area contributed by atoms with Crippen molar-refractivity contribution in [3.63, 3.8) is 0 Å². The zero-order valence-corrected chi connectivity index (χ0v) is 18.1. The van der Waals surface area contributed by atoms with Gasteiger partial charge in [-0.3, -0.25) is 14.6 Å². The molecule has 0 radical (unpaired) electrons. The predicted molar refractivity (Wildman–Crippen MR) is 112 cm³/mol. The van der Waals surface area contributed by atoms with Crippen molar-refractivity contribution < 1.29 is 27.2 Å². The van der Waals surface area contributed by atoms with E-state index in [4.69, 9.17) is 11.6 Å².